The second-order valence-corrected chi connectivity index (χ2v) is 24.1. The molecule has 3 heterocycles. The molecule has 5 aliphatic rings. The summed E-state index contributed by atoms with van der Waals surface area (Å²) in [6, 6.07) is 39.9. The predicted molar refractivity (Wildman–Crippen MR) is 343 cm³/mol. The van der Waals surface area contributed by atoms with Crippen LogP contribution in [0.2, 0.25) is 0 Å². The molecule has 7 aromatic carbocycles. The number of benzene rings is 7. The van der Waals surface area contributed by atoms with E-state index in [0.717, 1.165) is 32.1 Å². The summed E-state index contributed by atoms with van der Waals surface area (Å²) in [5, 5.41) is 0. The molecule has 3 aromatic heterocycles. The highest BCUT2D eigenvalue weighted by Crippen LogP contribution is 2.45. The van der Waals surface area contributed by atoms with Gasteiger partial charge in [-0.05, 0) is 303 Å². The van der Waals surface area contributed by atoms with Crippen molar-refractivity contribution >= 4 is 0 Å². The largest absolute Gasteiger partial charge is 0.260 e. The van der Waals surface area contributed by atoms with Crippen LogP contribution >= 0.6 is 0 Å². The summed E-state index contributed by atoms with van der Waals surface area (Å²) < 4.78 is 0. The van der Waals surface area contributed by atoms with Gasteiger partial charge in [-0.15, -0.1) is 0 Å². The molecule has 0 fully saturated rings. The third-order valence-electron chi connectivity index (χ3n) is 19.4. The van der Waals surface area contributed by atoms with Gasteiger partial charge in [0.25, 0.3) is 0 Å². The molecular formula is C78H79N3. The smallest absolute Gasteiger partial charge is 0.0526 e. The molecule has 81 heavy (non-hydrogen) atoms. The van der Waals surface area contributed by atoms with E-state index >= 15 is 0 Å². The topological polar surface area (TPSA) is 38.7 Å². The maximum atomic E-state index is 4.49. The molecule has 0 amide bonds. The molecule has 10 aromatic rings. The van der Waals surface area contributed by atoms with Crippen molar-refractivity contribution in [3.63, 3.8) is 0 Å². The third kappa shape index (κ3) is 9.87. The number of fused-ring (bicyclic) bond motifs is 15. The lowest BCUT2D eigenvalue weighted by Gasteiger charge is -2.11. The van der Waals surface area contributed by atoms with Crippen molar-refractivity contribution in [3.8, 4) is 55.6 Å². The number of rotatable bonds is 0. The standard InChI is InChI=1S/2C17H18.2C15H15N.C14H13N/c1-10-5-7-14-15-8-6-11(2)13(4)17(15)9-16(14)12(10)3;1-10-7-12(3)15-9-16-13(4)11(2)5-6-14(16)17(15)8-10;1-9-7-14-12-5-4-6-16-15(12)8-13(14)11(3)10(9)2;1-9-7-10(2)15-12-5-4-6-16-14(12)8-13(15)11(9)3;1-9-5-6-11-12-4-3-7-15-14(12)8-13(11)10(9)2/h2*5-8H,9H2,1-4H3;2*4-7H,8H2,1-3H3;3-7H,8H2,1-2H3. The maximum Gasteiger partial charge on any atom is 0.0526 e. The van der Waals surface area contributed by atoms with E-state index in [0.29, 0.717) is 0 Å². The Morgan fingerprint density at radius 3 is 1.10 bits per heavy atom. The van der Waals surface area contributed by atoms with Crippen molar-refractivity contribution in [3.05, 3.63) is 273 Å². The summed E-state index contributed by atoms with van der Waals surface area (Å²) in [6.07, 6.45) is 10.9. The average Bonchev–Trinajstić information content (AvgIpc) is 4.38. The second kappa shape index (κ2) is 21.8. The summed E-state index contributed by atoms with van der Waals surface area (Å²) in [5.41, 5.74) is 50.9. The highest BCUT2D eigenvalue weighted by Gasteiger charge is 2.27. The van der Waals surface area contributed by atoms with Crippen molar-refractivity contribution in [1.29, 1.82) is 0 Å². The Labute approximate surface area is 483 Å². The lowest BCUT2D eigenvalue weighted by molar-refractivity contribution is 1.10. The monoisotopic (exact) mass is 1060 g/mol. The van der Waals surface area contributed by atoms with Crippen LogP contribution in [-0.2, 0) is 32.1 Å². The van der Waals surface area contributed by atoms with E-state index in [4.69, 9.17) is 0 Å². The summed E-state index contributed by atoms with van der Waals surface area (Å²) >= 11 is 0. The van der Waals surface area contributed by atoms with Gasteiger partial charge in [0.1, 0.15) is 0 Å². The molecule has 0 N–H and O–H groups in total. The Hall–Kier alpha value is -8.01. The Kier molecular flexibility index (Phi) is 14.8. The van der Waals surface area contributed by atoms with Crippen LogP contribution in [0.25, 0.3) is 55.6 Å². The molecule has 3 nitrogen and oxygen atoms in total. The van der Waals surface area contributed by atoms with E-state index in [1.54, 1.807) is 0 Å². The van der Waals surface area contributed by atoms with Crippen molar-refractivity contribution in [2.24, 2.45) is 0 Å². The van der Waals surface area contributed by atoms with Crippen molar-refractivity contribution in [2.45, 2.75) is 143 Å². The maximum absolute atomic E-state index is 4.49. The molecular weight excluding hydrogens is 979 g/mol. The van der Waals surface area contributed by atoms with Gasteiger partial charge < -0.3 is 0 Å². The van der Waals surface area contributed by atoms with E-state index in [9.17, 15) is 0 Å². The first-order valence-corrected chi connectivity index (χ1v) is 29.3. The zero-order valence-electron chi connectivity index (χ0n) is 51.0. The fourth-order valence-electron chi connectivity index (χ4n) is 13.6. The minimum Gasteiger partial charge on any atom is -0.260 e. The number of aromatic nitrogens is 3. The Morgan fingerprint density at radius 2 is 0.593 bits per heavy atom. The minimum atomic E-state index is 0.998. The molecule has 0 spiro atoms. The average molecular weight is 1060 g/mol. The van der Waals surface area contributed by atoms with Crippen LogP contribution in [0.1, 0.15) is 145 Å². The van der Waals surface area contributed by atoms with Gasteiger partial charge in [-0.25, -0.2) is 0 Å². The first-order valence-electron chi connectivity index (χ1n) is 29.3. The van der Waals surface area contributed by atoms with Crippen LogP contribution in [0.3, 0.4) is 0 Å². The van der Waals surface area contributed by atoms with Crippen LogP contribution in [0.4, 0.5) is 0 Å². The first-order chi connectivity index (χ1) is 38.8. The summed E-state index contributed by atoms with van der Waals surface area (Å²) in [6.45, 7) is 35.4. The molecule has 0 saturated carbocycles. The summed E-state index contributed by atoms with van der Waals surface area (Å²) in [7, 11) is 0. The normalized spacial score (nSPS) is 12.4. The van der Waals surface area contributed by atoms with Gasteiger partial charge in [0.05, 0.1) is 17.1 Å². The van der Waals surface area contributed by atoms with E-state index in [2.05, 4.69) is 217 Å². The van der Waals surface area contributed by atoms with Crippen LogP contribution in [0, 0.1) is 111 Å². The van der Waals surface area contributed by atoms with Gasteiger partial charge in [0, 0.05) is 54.5 Å². The van der Waals surface area contributed by atoms with Crippen LogP contribution in [-0.4, -0.2) is 15.0 Å². The molecule has 15 rings (SSSR count). The van der Waals surface area contributed by atoms with E-state index in [1.807, 2.05) is 36.8 Å². The van der Waals surface area contributed by atoms with E-state index < -0.39 is 0 Å². The molecule has 0 radical (unpaired) electrons. The number of aryl methyl sites for hydroxylation is 9. The summed E-state index contributed by atoms with van der Waals surface area (Å²) in [4.78, 5) is 13.4. The first kappa shape index (κ1) is 54.9. The van der Waals surface area contributed by atoms with Gasteiger partial charge >= 0.3 is 0 Å². The Balaban J connectivity index is 0.000000107. The lowest BCUT2D eigenvalue weighted by Crippen LogP contribution is -1.93. The zero-order valence-corrected chi connectivity index (χ0v) is 51.0. The molecule has 406 valence electrons. The molecule has 0 atom stereocenters. The quantitative estimate of drug-likeness (QED) is 0.152. The van der Waals surface area contributed by atoms with E-state index in [1.165, 1.54) is 201 Å². The predicted octanol–water partition coefficient (Wildman–Crippen LogP) is 19.4. The van der Waals surface area contributed by atoms with Crippen molar-refractivity contribution in [1.82, 2.24) is 15.0 Å². The molecule has 0 aliphatic heterocycles. The summed E-state index contributed by atoms with van der Waals surface area (Å²) in [5.74, 6) is 0. The SMILES string of the molecule is Cc1cc(C)c2c(c1)-c1ccc(C)c(C)c1C2.Cc1cc(C)c2c(c1C)Cc1ncccc1-2.Cc1cc2c(c(C)c1C)Cc1ncccc1-2.Cc1ccc2c(c1C)Cc1c-2ccc(C)c1C.Cc1ccc2c(c1C)Cc1ncccc1-2. The molecule has 0 saturated heterocycles. The van der Waals surface area contributed by atoms with Gasteiger partial charge in [-0.1, -0.05) is 96.6 Å². The molecule has 5 aliphatic carbocycles. The number of hydrogen-bond donors (Lipinski definition) is 0. The van der Waals surface area contributed by atoms with Gasteiger partial charge in [-0.3, -0.25) is 15.0 Å². The van der Waals surface area contributed by atoms with Crippen molar-refractivity contribution in [2.75, 3.05) is 0 Å². The van der Waals surface area contributed by atoms with Crippen LogP contribution in [0.15, 0.2) is 128 Å². The Morgan fingerprint density at radius 1 is 0.235 bits per heavy atom. The zero-order chi connectivity index (χ0) is 57.3. The van der Waals surface area contributed by atoms with Crippen molar-refractivity contribution < 1.29 is 0 Å². The second-order valence-electron chi connectivity index (χ2n) is 24.1. The molecule has 0 unspecified atom stereocenters. The fraction of sp³-hybridized carbons (Fsp3) is 0.269. The van der Waals surface area contributed by atoms with E-state index in [-0.39, 0.29) is 0 Å². The van der Waals surface area contributed by atoms with Gasteiger partial charge in [0.15, 0.2) is 0 Å². The number of pyridine rings is 3. The lowest BCUT2D eigenvalue weighted by atomic mass is 9.94. The minimum absolute atomic E-state index is 0.998. The van der Waals surface area contributed by atoms with Crippen LogP contribution in [0.5, 0.6) is 0 Å². The number of nitrogens with zero attached hydrogens (tertiary/aromatic N) is 3. The molecule has 3 heteroatoms. The van der Waals surface area contributed by atoms with Gasteiger partial charge in [0.2, 0.25) is 0 Å². The highest BCUT2D eigenvalue weighted by atomic mass is 14.7. The number of hydrogen-bond acceptors (Lipinski definition) is 3. The third-order valence-corrected chi connectivity index (χ3v) is 19.4. The fourth-order valence-corrected chi connectivity index (χ4v) is 13.6. The Bertz CT molecular complexity index is 4140. The highest BCUT2D eigenvalue weighted by molar-refractivity contribution is 5.83. The molecule has 0 bridgehead atoms. The van der Waals surface area contributed by atoms with Crippen LogP contribution < -0.4 is 0 Å². The van der Waals surface area contributed by atoms with Gasteiger partial charge in [-0.2, -0.15) is 0 Å².